The molecule has 2 aromatic rings. The third-order valence-corrected chi connectivity index (χ3v) is 4.61. The zero-order chi connectivity index (χ0) is 16.9. The summed E-state index contributed by atoms with van der Waals surface area (Å²) < 4.78 is 5.74. The van der Waals surface area contributed by atoms with E-state index in [1.165, 1.54) is 11.3 Å². The minimum absolute atomic E-state index is 0.0127. The van der Waals surface area contributed by atoms with Crippen molar-refractivity contribution in [3.8, 4) is 17.0 Å². The van der Waals surface area contributed by atoms with Crippen LogP contribution in [0.3, 0.4) is 0 Å². The smallest absolute Gasteiger partial charge is 0.260 e. The van der Waals surface area contributed by atoms with Gasteiger partial charge in [-0.25, -0.2) is 4.98 Å². The van der Waals surface area contributed by atoms with Crippen molar-refractivity contribution in [2.75, 3.05) is 32.8 Å². The van der Waals surface area contributed by atoms with E-state index in [4.69, 9.17) is 4.74 Å². The zero-order valence-electron chi connectivity index (χ0n) is 13.5. The monoisotopic (exact) mass is 345 g/mol. The number of rotatable bonds is 4. The number of carbonyl (C=O) groups is 2. The van der Waals surface area contributed by atoms with E-state index in [1.54, 1.807) is 22.2 Å². The van der Waals surface area contributed by atoms with Crippen molar-refractivity contribution in [3.63, 3.8) is 0 Å². The first-order chi connectivity index (χ1) is 11.6. The van der Waals surface area contributed by atoms with Gasteiger partial charge in [0.1, 0.15) is 5.75 Å². The van der Waals surface area contributed by atoms with E-state index in [0.29, 0.717) is 31.9 Å². The molecule has 6 nitrogen and oxygen atoms in total. The van der Waals surface area contributed by atoms with Crippen LogP contribution in [0.4, 0.5) is 0 Å². The lowest BCUT2D eigenvalue weighted by Crippen LogP contribution is -2.51. The molecule has 1 aromatic carbocycles. The standard InChI is InChI=1S/C17H19N3O3S/c1-13(21)19-6-8-20(9-7-19)17(22)10-23-16-5-3-2-4-14(16)15-11-24-12-18-15/h2-5,11-12H,6-10H2,1H3. The molecule has 126 valence electrons. The van der Waals surface area contributed by atoms with E-state index in [0.717, 1.165) is 11.3 Å². The van der Waals surface area contributed by atoms with Crippen molar-refractivity contribution in [3.05, 3.63) is 35.2 Å². The Labute approximate surface area is 144 Å². The van der Waals surface area contributed by atoms with Crippen LogP contribution < -0.4 is 4.74 Å². The van der Waals surface area contributed by atoms with Crippen LogP contribution in [0.15, 0.2) is 35.2 Å². The van der Waals surface area contributed by atoms with Crippen LogP contribution in [0.25, 0.3) is 11.3 Å². The normalized spacial score (nSPS) is 14.5. The molecule has 0 unspecified atom stereocenters. The number of hydrogen-bond acceptors (Lipinski definition) is 5. The van der Waals surface area contributed by atoms with Gasteiger partial charge in [-0.2, -0.15) is 0 Å². The highest BCUT2D eigenvalue weighted by molar-refractivity contribution is 7.07. The van der Waals surface area contributed by atoms with Gasteiger partial charge in [0.15, 0.2) is 6.61 Å². The van der Waals surface area contributed by atoms with Gasteiger partial charge in [0, 0.05) is 44.0 Å². The van der Waals surface area contributed by atoms with E-state index in [9.17, 15) is 9.59 Å². The van der Waals surface area contributed by atoms with Crippen molar-refractivity contribution in [2.24, 2.45) is 0 Å². The Morgan fingerprint density at radius 1 is 1.17 bits per heavy atom. The number of amides is 2. The van der Waals surface area contributed by atoms with E-state index in [1.807, 2.05) is 29.6 Å². The summed E-state index contributed by atoms with van der Waals surface area (Å²) in [5.41, 5.74) is 3.50. The highest BCUT2D eigenvalue weighted by Gasteiger charge is 2.22. The molecule has 0 atom stereocenters. The second kappa shape index (κ2) is 7.44. The molecular formula is C17H19N3O3S. The summed E-state index contributed by atoms with van der Waals surface area (Å²) in [6.45, 7) is 3.80. The molecule has 2 heterocycles. The molecule has 7 heteroatoms. The topological polar surface area (TPSA) is 62.7 Å². The van der Waals surface area contributed by atoms with Gasteiger partial charge in [-0.15, -0.1) is 11.3 Å². The maximum Gasteiger partial charge on any atom is 0.260 e. The van der Waals surface area contributed by atoms with Crippen LogP contribution in [-0.2, 0) is 9.59 Å². The van der Waals surface area contributed by atoms with E-state index in [2.05, 4.69) is 4.98 Å². The molecule has 24 heavy (non-hydrogen) atoms. The molecule has 1 fully saturated rings. The summed E-state index contributed by atoms with van der Waals surface area (Å²) in [4.78, 5) is 31.4. The SMILES string of the molecule is CC(=O)N1CCN(C(=O)COc2ccccc2-c2cscn2)CC1. The Balaban J connectivity index is 1.59. The lowest BCUT2D eigenvalue weighted by atomic mass is 10.1. The summed E-state index contributed by atoms with van der Waals surface area (Å²) >= 11 is 1.52. The molecule has 0 radical (unpaired) electrons. The Hall–Kier alpha value is -2.41. The quantitative estimate of drug-likeness (QED) is 0.849. The first-order valence-corrected chi connectivity index (χ1v) is 8.73. The minimum Gasteiger partial charge on any atom is -0.483 e. The summed E-state index contributed by atoms with van der Waals surface area (Å²) in [5, 5.41) is 1.95. The van der Waals surface area contributed by atoms with Crippen molar-refractivity contribution >= 4 is 23.2 Å². The van der Waals surface area contributed by atoms with Crippen LogP contribution in [0.5, 0.6) is 5.75 Å². The fourth-order valence-corrected chi connectivity index (χ4v) is 3.20. The number of ether oxygens (including phenoxy) is 1. The average molecular weight is 345 g/mol. The lowest BCUT2D eigenvalue weighted by molar-refractivity contribution is -0.139. The first-order valence-electron chi connectivity index (χ1n) is 7.79. The summed E-state index contributed by atoms with van der Waals surface area (Å²) in [6, 6.07) is 7.57. The summed E-state index contributed by atoms with van der Waals surface area (Å²) in [5.74, 6) is 0.640. The second-order valence-corrected chi connectivity index (χ2v) is 6.26. The summed E-state index contributed by atoms with van der Waals surface area (Å²) in [7, 11) is 0. The molecule has 1 aliphatic heterocycles. The second-order valence-electron chi connectivity index (χ2n) is 5.55. The summed E-state index contributed by atoms with van der Waals surface area (Å²) in [6.07, 6.45) is 0. The Morgan fingerprint density at radius 2 is 1.88 bits per heavy atom. The fourth-order valence-electron chi connectivity index (χ4n) is 2.65. The number of para-hydroxylation sites is 1. The fraction of sp³-hybridized carbons (Fsp3) is 0.353. The van der Waals surface area contributed by atoms with Gasteiger partial charge in [-0.05, 0) is 12.1 Å². The molecule has 0 bridgehead atoms. The number of nitrogens with zero attached hydrogens (tertiary/aromatic N) is 3. The van der Waals surface area contributed by atoms with Crippen molar-refractivity contribution in [1.29, 1.82) is 0 Å². The van der Waals surface area contributed by atoms with Gasteiger partial charge in [0.2, 0.25) is 5.91 Å². The van der Waals surface area contributed by atoms with Crippen LogP contribution in [-0.4, -0.2) is 59.4 Å². The third-order valence-electron chi connectivity index (χ3n) is 4.02. The van der Waals surface area contributed by atoms with Crippen LogP contribution in [0, 0.1) is 0 Å². The van der Waals surface area contributed by atoms with Crippen molar-refractivity contribution in [2.45, 2.75) is 6.92 Å². The highest BCUT2D eigenvalue weighted by Crippen LogP contribution is 2.29. The zero-order valence-corrected chi connectivity index (χ0v) is 14.3. The number of hydrogen-bond donors (Lipinski definition) is 0. The molecule has 0 N–H and O–H groups in total. The van der Waals surface area contributed by atoms with E-state index < -0.39 is 0 Å². The highest BCUT2D eigenvalue weighted by atomic mass is 32.1. The number of benzene rings is 1. The number of thiazole rings is 1. The Bertz CT molecular complexity index is 710. The predicted molar refractivity (Wildman–Crippen MR) is 91.9 cm³/mol. The average Bonchev–Trinajstić information content (AvgIpc) is 3.14. The van der Waals surface area contributed by atoms with Gasteiger partial charge in [0.25, 0.3) is 5.91 Å². The number of piperazine rings is 1. The van der Waals surface area contributed by atoms with Gasteiger partial charge in [-0.3, -0.25) is 9.59 Å². The number of carbonyl (C=O) groups excluding carboxylic acids is 2. The Morgan fingerprint density at radius 3 is 2.54 bits per heavy atom. The van der Waals surface area contributed by atoms with E-state index >= 15 is 0 Å². The van der Waals surface area contributed by atoms with Gasteiger partial charge >= 0.3 is 0 Å². The molecule has 0 saturated carbocycles. The largest absolute Gasteiger partial charge is 0.483 e. The maximum absolute atomic E-state index is 12.3. The van der Waals surface area contributed by atoms with Crippen LogP contribution in [0.1, 0.15) is 6.92 Å². The maximum atomic E-state index is 12.3. The van der Waals surface area contributed by atoms with Crippen molar-refractivity contribution in [1.82, 2.24) is 14.8 Å². The number of aromatic nitrogens is 1. The lowest BCUT2D eigenvalue weighted by Gasteiger charge is -2.34. The molecule has 2 amide bonds. The Kier molecular flexibility index (Phi) is 5.10. The molecule has 0 aliphatic carbocycles. The molecule has 0 spiro atoms. The van der Waals surface area contributed by atoms with E-state index in [-0.39, 0.29) is 18.4 Å². The van der Waals surface area contributed by atoms with Crippen molar-refractivity contribution < 1.29 is 14.3 Å². The molecule has 1 saturated heterocycles. The third kappa shape index (κ3) is 3.73. The molecule has 1 aromatic heterocycles. The van der Waals surface area contributed by atoms with Gasteiger partial charge < -0.3 is 14.5 Å². The first kappa shape index (κ1) is 16.4. The van der Waals surface area contributed by atoms with Crippen LogP contribution in [0.2, 0.25) is 0 Å². The molecule has 1 aliphatic rings. The minimum atomic E-state index is -0.0636. The molecular weight excluding hydrogens is 326 g/mol. The predicted octanol–water partition coefficient (Wildman–Crippen LogP) is 1.88. The van der Waals surface area contributed by atoms with Gasteiger partial charge in [0.05, 0.1) is 11.2 Å². The molecule has 3 rings (SSSR count). The van der Waals surface area contributed by atoms with Crippen LogP contribution >= 0.6 is 11.3 Å². The van der Waals surface area contributed by atoms with Gasteiger partial charge in [-0.1, -0.05) is 12.1 Å².